The van der Waals surface area contributed by atoms with Crippen molar-refractivity contribution in [2.75, 3.05) is 25.6 Å². The van der Waals surface area contributed by atoms with E-state index < -0.39 is 0 Å². The third-order valence-corrected chi connectivity index (χ3v) is 3.89. The molecule has 0 saturated carbocycles. The quantitative estimate of drug-likeness (QED) is 0.913. The first kappa shape index (κ1) is 14.0. The lowest BCUT2D eigenvalue weighted by atomic mass is 10.0. The van der Waals surface area contributed by atoms with Crippen LogP contribution in [0.1, 0.15) is 11.1 Å². The van der Waals surface area contributed by atoms with Gasteiger partial charge in [0, 0.05) is 18.7 Å². The van der Waals surface area contributed by atoms with Crippen molar-refractivity contribution in [3.63, 3.8) is 0 Å². The summed E-state index contributed by atoms with van der Waals surface area (Å²) in [7, 11) is 1.69. The van der Waals surface area contributed by atoms with Crippen LogP contribution < -0.4 is 10.1 Å². The second-order valence-electron chi connectivity index (χ2n) is 5.33. The molecule has 1 N–H and O–H groups in total. The number of fused-ring (bicyclic) bond motifs is 1. The van der Waals surface area contributed by atoms with E-state index in [2.05, 4.69) is 41.7 Å². The molecule has 1 heterocycles. The van der Waals surface area contributed by atoms with E-state index in [1.54, 1.807) is 7.11 Å². The number of nitrogens with one attached hydrogen (secondary N) is 1. The number of rotatable bonds is 5. The molecule has 0 aromatic heterocycles. The highest BCUT2D eigenvalue weighted by molar-refractivity contribution is 5.53. The summed E-state index contributed by atoms with van der Waals surface area (Å²) in [6.07, 6.45) is 2.19. The van der Waals surface area contributed by atoms with Crippen molar-refractivity contribution in [1.82, 2.24) is 0 Å². The van der Waals surface area contributed by atoms with Gasteiger partial charge in [-0.1, -0.05) is 30.3 Å². The number of methoxy groups -OCH3 is 1. The molecular weight excluding hydrogens is 262 g/mol. The second kappa shape index (κ2) is 6.64. The van der Waals surface area contributed by atoms with Crippen LogP contribution in [0.3, 0.4) is 0 Å². The summed E-state index contributed by atoms with van der Waals surface area (Å²) in [6.45, 7) is 1.64. The largest absolute Gasteiger partial charge is 0.497 e. The molecule has 0 radical (unpaired) electrons. The van der Waals surface area contributed by atoms with E-state index in [4.69, 9.17) is 9.47 Å². The van der Waals surface area contributed by atoms with Crippen LogP contribution >= 0.6 is 0 Å². The first-order valence-corrected chi connectivity index (χ1v) is 7.41. The van der Waals surface area contributed by atoms with Crippen molar-refractivity contribution in [3.8, 4) is 5.75 Å². The maximum Gasteiger partial charge on any atom is 0.118 e. The Morgan fingerprint density at radius 3 is 2.71 bits per heavy atom. The monoisotopic (exact) mass is 283 g/mol. The predicted octanol–water partition coefficient (Wildman–Crippen LogP) is 3.29. The Morgan fingerprint density at radius 1 is 1.10 bits per heavy atom. The van der Waals surface area contributed by atoms with Gasteiger partial charge in [-0.15, -0.1) is 0 Å². The summed E-state index contributed by atoms with van der Waals surface area (Å²) in [6, 6.07) is 16.6. The van der Waals surface area contributed by atoms with Crippen LogP contribution in [-0.4, -0.2) is 26.4 Å². The van der Waals surface area contributed by atoms with E-state index in [9.17, 15) is 0 Å². The Hall–Kier alpha value is -2.00. The third kappa shape index (κ3) is 3.56. The van der Waals surface area contributed by atoms with Gasteiger partial charge in [-0.05, 0) is 35.7 Å². The van der Waals surface area contributed by atoms with Crippen molar-refractivity contribution in [2.45, 2.75) is 18.9 Å². The van der Waals surface area contributed by atoms with Crippen molar-refractivity contribution < 1.29 is 9.47 Å². The summed E-state index contributed by atoms with van der Waals surface area (Å²) in [4.78, 5) is 0. The summed E-state index contributed by atoms with van der Waals surface area (Å²) in [5, 5.41) is 3.43. The zero-order chi connectivity index (χ0) is 14.5. The highest BCUT2D eigenvalue weighted by Gasteiger charge is 2.17. The molecule has 3 nitrogen and oxygen atoms in total. The predicted molar refractivity (Wildman–Crippen MR) is 85.1 cm³/mol. The van der Waals surface area contributed by atoms with E-state index in [0.29, 0.717) is 0 Å². The molecule has 2 aromatic carbocycles. The average Bonchev–Trinajstić information content (AvgIpc) is 2.55. The summed E-state index contributed by atoms with van der Waals surface area (Å²) < 4.78 is 11.2. The van der Waals surface area contributed by atoms with Crippen LogP contribution in [0.15, 0.2) is 48.5 Å². The number of ether oxygens (including phenoxy) is 2. The molecule has 2 aromatic rings. The molecule has 0 saturated heterocycles. The molecule has 0 spiro atoms. The molecule has 1 aliphatic heterocycles. The number of hydrogen-bond acceptors (Lipinski definition) is 3. The van der Waals surface area contributed by atoms with Crippen LogP contribution in [0.5, 0.6) is 5.75 Å². The van der Waals surface area contributed by atoms with E-state index in [0.717, 1.165) is 31.7 Å². The lowest BCUT2D eigenvalue weighted by Gasteiger charge is -2.26. The number of hydrogen-bond donors (Lipinski definition) is 1. The number of para-hydroxylation sites is 1. The van der Waals surface area contributed by atoms with Crippen LogP contribution in [0.4, 0.5) is 5.69 Å². The molecular formula is C18H21NO2. The van der Waals surface area contributed by atoms with Gasteiger partial charge in [-0.25, -0.2) is 0 Å². The van der Waals surface area contributed by atoms with E-state index in [1.165, 1.54) is 16.8 Å². The third-order valence-electron chi connectivity index (χ3n) is 3.89. The molecule has 1 aliphatic rings. The van der Waals surface area contributed by atoms with Gasteiger partial charge in [0.05, 0.1) is 19.8 Å². The average molecular weight is 283 g/mol. The van der Waals surface area contributed by atoms with Gasteiger partial charge in [-0.3, -0.25) is 0 Å². The minimum Gasteiger partial charge on any atom is -0.497 e. The maximum atomic E-state index is 6.01. The minimum atomic E-state index is 0.262. The molecule has 0 fully saturated rings. The smallest absolute Gasteiger partial charge is 0.118 e. The van der Waals surface area contributed by atoms with Gasteiger partial charge in [0.25, 0.3) is 0 Å². The first-order chi connectivity index (χ1) is 10.3. The number of anilines is 1. The van der Waals surface area contributed by atoms with Crippen LogP contribution in [0, 0.1) is 0 Å². The zero-order valence-corrected chi connectivity index (χ0v) is 12.3. The molecule has 3 heteroatoms. The molecule has 0 amide bonds. The lowest BCUT2D eigenvalue weighted by Crippen LogP contribution is -2.31. The fourth-order valence-corrected chi connectivity index (χ4v) is 2.67. The Morgan fingerprint density at radius 2 is 1.90 bits per heavy atom. The lowest BCUT2D eigenvalue weighted by molar-refractivity contribution is 0.0625. The van der Waals surface area contributed by atoms with Crippen LogP contribution in [-0.2, 0) is 17.6 Å². The fourth-order valence-electron chi connectivity index (χ4n) is 2.67. The minimum absolute atomic E-state index is 0.262. The summed E-state index contributed by atoms with van der Waals surface area (Å²) in [5.41, 5.74) is 3.87. The maximum absolute atomic E-state index is 6.01. The molecule has 3 rings (SSSR count). The molecule has 0 bridgehead atoms. The fraction of sp³-hybridized carbons (Fsp3) is 0.333. The van der Waals surface area contributed by atoms with Gasteiger partial charge < -0.3 is 14.8 Å². The number of benzene rings is 2. The second-order valence-corrected chi connectivity index (χ2v) is 5.33. The van der Waals surface area contributed by atoms with E-state index in [1.807, 2.05) is 12.1 Å². The highest BCUT2D eigenvalue weighted by atomic mass is 16.5. The molecule has 1 atom stereocenters. The zero-order valence-electron chi connectivity index (χ0n) is 12.3. The Labute approximate surface area is 125 Å². The van der Waals surface area contributed by atoms with Crippen LogP contribution in [0.2, 0.25) is 0 Å². The van der Waals surface area contributed by atoms with Crippen molar-refractivity contribution in [2.24, 2.45) is 0 Å². The Kier molecular flexibility index (Phi) is 4.41. The van der Waals surface area contributed by atoms with Crippen LogP contribution in [0.25, 0.3) is 0 Å². The highest BCUT2D eigenvalue weighted by Crippen LogP contribution is 2.22. The van der Waals surface area contributed by atoms with Gasteiger partial charge in [0.1, 0.15) is 5.75 Å². The molecule has 0 aliphatic carbocycles. The molecule has 21 heavy (non-hydrogen) atoms. The van der Waals surface area contributed by atoms with Gasteiger partial charge in [0.15, 0.2) is 0 Å². The van der Waals surface area contributed by atoms with E-state index >= 15 is 0 Å². The summed E-state index contributed by atoms with van der Waals surface area (Å²) >= 11 is 0. The van der Waals surface area contributed by atoms with Crippen molar-refractivity contribution >= 4 is 5.69 Å². The molecule has 1 unspecified atom stereocenters. The summed E-state index contributed by atoms with van der Waals surface area (Å²) in [5.74, 6) is 0.896. The topological polar surface area (TPSA) is 30.5 Å². The molecule has 110 valence electrons. The van der Waals surface area contributed by atoms with Gasteiger partial charge in [0.2, 0.25) is 0 Å². The Balaban J connectivity index is 1.48. The van der Waals surface area contributed by atoms with Crippen molar-refractivity contribution in [1.29, 1.82) is 0 Å². The van der Waals surface area contributed by atoms with E-state index in [-0.39, 0.29) is 6.10 Å². The normalized spacial score (nSPS) is 16.9. The van der Waals surface area contributed by atoms with Gasteiger partial charge in [-0.2, -0.15) is 0 Å². The van der Waals surface area contributed by atoms with Gasteiger partial charge >= 0.3 is 0 Å². The standard InChI is InChI=1S/C18H21NO2/c1-20-16-8-6-14(7-9-16)10-11-21-17-12-15-4-2-3-5-18(15)19-13-17/h2-9,17,19H,10-13H2,1H3. The SMILES string of the molecule is COc1ccc(CCOC2CNc3ccccc3C2)cc1. The first-order valence-electron chi connectivity index (χ1n) is 7.41. The Bertz CT molecular complexity index is 580. The van der Waals surface area contributed by atoms with Crippen molar-refractivity contribution in [3.05, 3.63) is 59.7 Å².